The summed E-state index contributed by atoms with van der Waals surface area (Å²) in [5.74, 6) is 0.610. The van der Waals surface area contributed by atoms with Crippen molar-refractivity contribution in [3.8, 4) is 0 Å². The summed E-state index contributed by atoms with van der Waals surface area (Å²) in [5, 5.41) is 0. The van der Waals surface area contributed by atoms with Gasteiger partial charge in [0.15, 0.2) is 0 Å². The Morgan fingerprint density at radius 2 is 1.76 bits per heavy atom. The van der Waals surface area contributed by atoms with Crippen LogP contribution >= 0.6 is 0 Å². The Morgan fingerprint density at radius 1 is 1.24 bits per heavy atom. The molecule has 0 aromatic rings. The second-order valence-electron chi connectivity index (χ2n) is 2.45. The van der Waals surface area contributed by atoms with Gasteiger partial charge in [0.25, 0.3) is 0 Å². The molecule has 0 aromatic heterocycles. The van der Waals surface area contributed by atoms with Gasteiger partial charge in [0.2, 0.25) is 0 Å². The first-order valence-electron chi connectivity index (χ1n) is 6.23. The summed E-state index contributed by atoms with van der Waals surface area (Å²) in [6.07, 6.45) is 7.44. The fraction of sp³-hybridized carbons (Fsp3) is 0.467. The third kappa shape index (κ3) is 17.3. The molecular weight excluding hydrogens is 210 g/mol. The van der Waals surface area contributed by atoms with Gasteiger partial charge in [0, 0.05) is 6.54 Å². The molecule has 0 amide bonds. The zero-order chi connectivity index (χ0) is 14.1. The Morgan fingerprint density at radius 3 is 2.12 bits per heavy atom. The van der Waals surface area contributed by atoms with Crippen LogP contribution < -0.4 is 5.73 Å². The predicted molar refractivity (Wildman–Crippen MR) is 79.9 cm³/mol. The zero-order valence-electron chi connectivity index (χ0n) is 12.1. The van der Waals surface area contributed by atoms with E-state index in [1.54, 1.807) is 6.08 Å². The van der Waals surface area contributed by atoms with Gasteiger partial charge in [-0.25, -0.2) is 0 Å². The van der Waals surface area contributed by atoms with Crippen LogP contribution in [0, 0.1) is 0 Å². The van der Waals surface area contributed by atoms with Gasteiger partial charge in [-0.15, -0.1) is 0 Å². The van der Waals surface area contributed by atoms with E-state index in [4.69, 9.17) is 10.5 Å². The molecule has 0 aliphatic rings. The van der Waals surface area contributed by atoms with Crippen molar-refractivity contribution in [2.75, 3.05) is 13.2 Å². The first-order valence-corrected chi connectivity index (χ1v) is 6.23. The van der Waals surface area contributed by atoms with Crippen LogP contribution in [0.25, 0.3) is 0 Å². The molecule has 0 bridgehead atoms. The first-order chi connectivity index (χ1) is 8.24. The van der Waals surface area contributed by atoms with Gasteiger partial charge in [-0.05, 0) is 18.6 Å². The number of allylic oxidation sites excluding steroid dienone is 5. The molecule has 0 spiro atoms. The lowest BCUT2D eigenvalue weighted by Gasteiger charge is -2.03. The fourth-order valence-corrected chi connectivity index (χ4v) is 0.785. The minimum atomic E-state index is 0.496. The lowest BCUT2D eigenvalue weighted by Crippen LogP contribution is -2.07. The standard InChI is InChI=1S/C11H17NO.2C2H6/c1-4-6-11(5-2)9-10(3)13-8-7-12;2*1-2/h4-6,9H,2-3,7-8,12H2,1H3;2*1-2H3/b6-4+,11-9+;;. The summed E-state index contributed by atoms with van der Waals surface area (Å²) in [4.78, 5) is 0. The molecule has 17 heavy (non-hydrogen) atoms. The third-order valence-corrected chi connectivity index (χ3v) is 1.33. The number of rotatable bonds is 6. The zero-order valence-corrected chi connectivity index (χ0v) is 12.1. The molecule has 0 radical (unpaired) electrons. The molecule has 100 valence electrons. The van der Waals surface area contributed by atoms with Gasteiger partial charge in [0.1, 0.15) is 12.4 Å². The highest BCUT2D eigenvalue weighted by Gasteiger charge is 1.90. The van der Waals surface area contributed by atoms with Crippen LogP contribution in [0.5, 0.6) is 0 Å². The Bertz CT molecular complexity index is 227. The van der Waals surface area contributed by atoms with Crippen molar-refractivity contribution in [3.63, 3.8) is 0 Å². The molecule has 2 nitrogen and oxygen atoms in total. The van der Waals surface area contributed by atoms with Crippen molar-refractivity contribution in [3.05, 3.63) is 48.8 Å². The van der Waals surface area contributed by atoms with E-state index in [1.165, 1.54) is 0 Å². The summed E-state index contributed by atoms with van der Waals surface area (Å²) in [5.41, 5.74) is 6.25. The van der Waals surface area contributed by atoms with E-state index in [1.807, 2.05) is 52.8 Å². The lowest BCUT2D eigenvalue weighted by molar-refractivity contribution is 0.235. The minimum Gasteiger partial charge on any atom is -0.493 e. The van der Waals surface area contributed by atoms with Crippen molar-refractivity contribution in [2.45, 2.75) is 34.6 Å². The summed E-state index contributed by atoms with van der Waals surface area (Å²) >= 11 is 0. The maximum atomic E-state index is 5.28. The summed E-state index contributed by atoms with van der Waals surface area (Å²) in [6, 6.07) is 0. The van der Waals surface area contributed by atoms with Crippen molar-refractivity contribution < 1.29 is 4.74 Å². The molecular formula is C15H29NO. The second-order valence-corrected chi connectivity index (χ2v) is 2.45. The average Bonchev–Trinajstić information content (AvgIpc) is 2.40. The number of hydrogen-bond donors (Lipinski definition) is 1. The smallest absolute Gasteiger partial charge is 0.112 e. The highest BCUT2D eigenvalue weighted by Crippen LogP contribution is 2.04. The normalized spacial score (nSPS) is 9.65. The van der Waals surface area contributed by atoms with Crippen LogP contribution in [0.1, 0.15) is 34.6 Å². The monoisotopic (exact) mass is 239 g/mol. The molecule has 0 aromatic carbocycles. The predicted octanol–water partition coefficient (Wildman–Crippen LogP) is 4.22. The Labute approximate surface area is 108 Å². The highest BCUT2D eigenvalue weighted by atomic mass is 16.5. The van der Waals surface area contributed by atoms with Gasteiger partial charge in [0.05, 0.1) is 0 Å². The van der Waals surface area contributed by atoms with Crippen LogP contribution in [0.4, 0.5) is 0 Å². The molecule has 0 aliphatic heterocycles. The van der Waals surface area contributed by atoms with Gasteiger partial charge in [-0.3, -0.25) is 0 Å². The molecule has 0 saturated heterocycles. The molecule has 0 fully saturated rings. The first kappa shape index (κ1) is 21.1. The van der Waals surface area contributed by atoms with E-state index in [-0.39, 0.29) is 0 Å². The number of hydrogen-bond acceptors (Lipinski definition) is 2. The Hall–Kier alpha value is -1.28. The Balaban J connectivity index is -0.000000439. The number of nitrogens with two attached hydrogens (primary N) is 1. The van der Waals surface area contributed by atoms with E-state index in [2.05, 4.69) is 13.2 Å². The lowest BCUT2D eigenvalue weighted by atomic mass is 10.2. The molecule has 0 heterocycles. The van der Waals surface area contributed by atoms with Gasteiger partial charge >= 0.3 is 0 Å². The maximum absolute atomic E-state index is 5.28. The SMILES string of the molecule is C=CC(/C=C/C)=C\C(=C)OCCN.CC.CC. The van der Waals surface area contributed by atoms with E-state index in [0.717, 1.165) is 5.57 Å². The molecule has 2 N–H and O–H groups in total. The van der Waals surface area contributed by atoms with Crippen LogP contribution in [-0.2, 0) is 4.74 Å². The summed E-state index contributed by atoms with van der Waals surface area (Å²) in [6.45, 7) is 18.3. The van der Waals surface area contributed by atoms with Gasteiger partial charge in [-0.2, -0.15) is 0 Å². The maximum Gasteiger partial charge on any atom is 0.112 e. The van der Waals surface area contributed by atoms with Crippen molar-refractivity contribution >= 4 is 0 Å². The van der Waals surface area contributed by atoms with Crippen molar-refractivity contribution in [1.82, 2.24) is 0 Å². The van der Waals surface area contributed by atoms with Crippen molar-refractivity contribution in [2.24, 2.45) is 5.73 Å². The molecule has 0 unspecified atom stereocenters. The molecule has 2 heteroatoms. The Kier molecular flexibility index (Phi) is 25.0. The largest absolute Gasteiger partial charge is 0.493 e. The summed E-state index contributed by atoms with van der Waals surface area (Å²) in [7, 11) is 0. The van der Waals surface area contributed by atoms with Gasteiger partial charge < -0.3 is 10.5 Å². The molecule has 0 atom stereocenters. The quantitative estimate of drug-likeness (QED) is 0.556. The average molecular weight is 239 g/mol. The van der Waals surface area contributed by atoms with E-state index in [9.17, 15) is 0 Å². The van der Waals surface area contributed by atoms with E-state index in [0.29, 0.717) is 18.9 Å². The summed E-state index contributed by atoms with van der Waals surface area (Å²) < 4.78 is 5.19. The number of ether oxygens (including phenoxy) is 1. The molecule has 0 aliphatic carbocycles. The van der Waals surface area contributed by atoms with Crippen LogP contribution in [-0.4, -0.2) is 13.2 Å². The van der Waals surface area contributed by atoms with Crippen LogP contribution in [0.2, 0.25) is 0 Å². The highest BCUT2D eigenvalue weighted by molar-refractivity contribution is 5.33. The van der Waals surface area contributed by atoms with Crippen LogP contribution in [0.15, 0.2) is 48.8 Å². The molecule has 0 rings (SSSR count). The third-order valence-electron chi connectivity index (χ3n) is 1.33. The van der Waals surface area contributed by atoms with Crippen LogP contribution in [0.3, 0.4) is 0 Å². The van der Waals surface area contributed by atoms with Crippen molar-refractivity contribution in [1.29, 1.82) is 0 Å². The fourth-order valence-electron chi connectivity index (χ4n) is 0.785. The van der Waals surface area contributed by atoms with E-state index >= 15 is 0 Å². The topological polar surface area (TPSA) is 35.2 Å². The molecule has 0 saturated carbocycles. The van der Waals surface area contributed by atoms with E-state index < -0.39 is 0 Å². The second kappa shape index (κ2) is 20.2. The minimum absolute atomic E-state index is 0.496. The van der Waals surface area contributed by atoms with Gasteiger partial charge in [-0.1, -0.05) is 59.1 Å².